The van der Waals surface area contributed by atoms with Crippen LogP contribution >= 0.6 is 15.9 Å². The van der Waals surface area contributed by atoms with Crippen molar-refractivity contribution < 1.29 is 14.3 Å². The van der Waals surface area contributed by atoms with E-state index in [1.54, 1.807) is 51.4 Å². The lowest BCUT2D eigenvalue weighted by Gasteiger charge is -2.43. The van der Waals surface area contributed by atoms with Crippen molar-refractivity contribution in [2.75, 3.05) is 46.1 Å². The van der Waals surface area contributed by atoms with Crippen LogP contribution in [0.4, 0.5) is 5.69 Å². The average molecular weight is 840 g/mol. The molecule has 2 aromatic carbocycles. The molecule has 2 fully saturated rings. The van der Waals surface area contributed by atoms with E-state index in [0.717, 1.165) is 68.3 Å². The minimum atomic E-state index is -0.347. The normalized spacial score (nSPS) is 18.3. The van der Waals surface area contributed by atoms with Crippen LogP contribution in [0.15, 0.2) is 69.7 Å². The van der Waals surface area contributed by atoms with E-state index in [1.807, 2.05) is 39.8 Å². The molecule has 3 aromatic rings. The van der Waals surface area contributed by atoms with Crippen LogP contribution in [0, 0.1) is 16.7 Å². The molecule has 0 bridgehead atoms. The van der Waals surface area contributed by atoms with Crippen LogP contribution in [0.5, 0.6) is 11.5 Å². The second-order valence-corrected chi connectivity index (χ2v) is 15.7. The highest BCUT2D eigenvalue weighted by Crippen LogP contribution is 2.47. The summed E-state index contributed by atoms with van der Waals surface area (Å²) in [5.41, 5.74) is 13.0. The summed E-state index contributed by atoms with van der Waals surface area (Å²) in [5, 5.41) is 17.9. The Bertz CT molecular complexity index is 2180. The molecule has 1 atom stereocenters. The molecule has 1 spiro atoms. The monoisotopic (exact) mass is 838 g/mol. The fourth-order valence-electron chi connectivity index (χ4n) is 8.15. The van der Waals surface area contributed by atoms with E-state index in [0.29, 0.717) is 46.0 Å². The number of nitrogens with one attached hydrogen (secondary N) is 1. The molecule has 6 rings (SSSR count). The minimum Gasteiger partial charge on any atom is -0.496 e. The van der Waals surface area contributed by atoms with Crippen LogP contribution in [0.1, 0.15) is 81.3 Å². The first kappa shape index (κ1) is 43.1. The van der Waals surface area contributed by atoms with Crippen LogP contribution in [-0.2, 0) is 31.4 Å². The number of fused-ring (bicyclic) bond motifs is 1. The van der Waals surface area contributed by atoms with Gasteiger partial charge in [0, 0.05) is 75.4 Å². The highest BCUT2D eigenvalue weighted by Gasteiger charge is 2.51. The van der Waals surface area contributed by atoms with Gasteiger partial charge in [-0.1, -0.05) is 38.1 Å². The third-order valence-corrected chi connectivity index (χ3v) is 11.5. The quantitative estimate of drug-likeness (QED) is 0.0895. The van der Waals surface area contributed by atoms with Gasteiger partial charge in [0.05, 0.1) is 36.1 Å². The third-order valence-electron chi connectivity index (χ3n) is 11.3. The number of methoxy groups -OCH3 is 2. The van der Waals surface area contributed by atoms with Crippen LogP contribution in [-0.4, -0.2) is 81.9 Å². The Labute approximate surface area is 344 Å². The Morgan fingerprint density at radius 1 is 1.14 bits per heavy atom. The summed E-state index contributed by atoms with van der Waals surface area (Å²) in [6.07, 6.45) is 9.12. The van der Waals surface area contributed by atoms with Crippen molar-refractivity contribution in [3.05, 3.63) is 98.1 Å². The summed E-state index contributed by atoms with van der Waals surface area (Å²) >= 11 is 3.34. The average Bonchev–Trinajstić information content (AvgIpc) is 3.99. The lowest BCUT2D eigenvalue weighted by molar-refractivity contribution is -0.129. The zero-order chi connectivity index (χ0) is 41.6. The standard InChI is InChI=1S/C42H49BrN8O4.C2H6/c1-7-31(47-27(3)43)17-30(20-44)40(52)51-14-11-33-28(9-8-10-32(33)26(51)2)22-50-16-15-49(25-42(50)12-13-42)24-36-37(54-5)18-29(19-38(36)55-6)35-23-48(4)41(53)39(46)34(35)21-45;1-2/h7-10,17-19,21,23,26,45H,11-16,22,24-25,46H2,1-6H3;1-2H3/b30-17+,31-7-,45-21?,47-27?;. The first-order valence-electron chi connectivity index (χ1n) is 19.5. The number of ether oxygens (including phenoxy) is 2. The minimum absolute atomic E-state index is 0.0278. The Morgan fingerprint density at radius 3 is 2.40 bits per heavy atom. The Hall–Kier alpha value is -5.03. The molecule has 1 amide bonds. The van der Waals surface area contributed by atoms with Gasteiger partial charge >= 0.3 is 0 Å². The van der Waals surface area contributed by atoms with Crippen molar-refractivity contribution in [2.24, 2.45) is 12.0 Å². The second kappa shape index (κ2) is 18.5. The first-order chi connectivity index (χ1) is 27.4. The Balaban J connectivity index is 0.00000305. The maximum Gasteiger partial charge on any atom is 0.274 e. The van der Waals surface area contributed by atoms with Gasteiger partial charge in [0.15, 0.2) is 0 Å². The molecule has 3 aliphatic rings. The number of nitrogen functional groups attached to an aromatic ring is 1. The maximum absolute atomic E-state index is 13.7. The van der Waals surface area contributed by atoms with Gasteiger partial charge in [0.2, 0.25) is 0 Å². The number of aromatic nitrogens is 1. The van der Waals surface area contributed by atoms with Crippen molar-refractivity contribution in [3.8, 4) is 28.7 Å². The van der Waals surface area contributed by atoms with E-state index in [2.05, 4.69) is 55.0 Å². The van der Waals surface area contributed by atoms with Crippen molar-refractivity contribution in [1.82, 2.24) is 19.3 Å². The van der Waals surface area contributed by atoms with Crippen LogP contribution < -0.4 is 20.8 Å². The van der Waals surface area contributed by atoms with Crippen molar-refractivity contribution >= 4 is 38.4 Å². The predicted octanol–water partition coefficient (Wildman–Crippen LogP) is 7.14. The van der Waals surface area contributed by atoms with Gasteiger partial charge in [-0.2, -0.15) is 5.26 Å². The third kappa shape index (κ3) is 8.93. The van der Waals surface area contributed by atoms with Crippen LogP contribution in [0.3, 0.4) is 0 Å². The fourth-order valence-corrected chi connectivity index (χ4v) is 8.35. The number of aryl methyl sites for hydroxylation is 1. The highest BCUT2D eigenvalue weighted by molar-refractivity contribution is 9.18. The van der Waals surface area contributed by atoms with Gasteiger partial charge < -0.3 is 30.1 Å². The fraction of sp³-hybridized carbons (Fsp3) is 0.432. The topological polar surface area (TPSA) is 153 Å². The molecule has 3 N–H and O–H groups in total. The summed E-state index contributed by atoms with van der Waals surface area (Å²) in [4.78, 5) is 37.4. The van der Waals surface area contributed by atoms with Crippen molar-refractivity contribution in [2.45, 2.75) is 78.6 Å². The van der Waals surface area contributed by atoms with Crippen LogP contribution in [0.2, 0.25) is 0 Å². The maximum atomic E-state index is 13.7. The zero-order valence-electron chi connectivity index (χ0n) is 34.4. The number of hydrogen-bond donors (Lipinski definition) is 2. The van der Waals surface area contributed by atoms with Gasteiger partial charge in [-0.05, 0) is 96.4 Å². The number of nitrogens with zero attached hydrogens (tertiary/aromatic N) is 6. The molecular weight excluding hydrogens is 784 g/mol. The SMILES string of the molecule is C/C=C(/C=C(\C#N)C(=O)N1CCc2c(CN3CCN(Cc4c(OC)cc(-c5cn(C)c(=O)c(N)c5C=N)cc4OC)CC34CC4)cccc2C1C)N=C(C)Br.CC. The van der Waals surface area contributed by atoms with E-state index in [4.69, 9.17) is 20.6 Å². The summed E-state index contributed by atoms with van der Waals surface area (Å²) in [5.74, 6) is 1.06. The zero-order valence-corrected chi connectivity index (χ0v) is 36.0. The molecule has 3 heterocycles. The van der Waals surface area contributed by atoms with Gasteiger partial charge in [-0.15, -0.1) is 0 Å². The van der Waals surface area contributed by atoms with Gasteiger partial charge in [-0.25, -0.2) is 4.99 Å². The van der Waals surface area contributed by atoms with Gasteiger partial charge in [0.1, 0.15) is 28.8 Å². The molecule has 302 valence electrons. The van der Waals surface area contributed by atoms with E-state index in [-0.39, 0.29) is 34.3 Å². The lowest BCUT2D eigenvalue weighted by atomic mass is 9.88. The number of benzene rings is 2. The number of nitrogens with two attached hydrogens (primary N) is 1. The summed E-state index contributed by atoms with van der Waals surface area (Å²) in [7, 11) is 4.93. The number of nitriles is 1. The van der Waals surface area contributed by atoms with E-state index in [9.17, 15) is 14.9 Å². The highest BCUT2D eigenvalue weighted by atomic mass is 79.9. The number of allylic oxidation sites excluding steroid dienone is 2. The number of rotatable bonds is 11. The number of aliphatic imine (C=N–C) groups is 1. The molecule has 1 aliphatic carbocycles. The number of halogens is 1. The number of pyridine rings is 1. The second-order valence-electron chi connectivity index (χ2n) is 14.5. The summed E-state index contributed by atoms with van der Waals surface area (Å²) in [6.45, 7) is 14.4. The molecule has 0 radical (unpaired) electrons. The molecule has 12 nitrogen and oxygen atoms in total. The molecule has 1 unspecified atom stereocenters. The number of amides is 1. The van der Waals surface area contributed by atoms with Crippen molar-refractivity contribution in [3.63, 3.8) is 0 Å². The Kier molecular flexibility index (Phi) is 14.0. The number of anilines is 1. The molecule has 1 saturated heterocycles. The summed E-state index contributed by atoms with van der Waals surface area (Å²) < 4.78 is 14.0. The lowest BCUT2D eigenvalue weighted by Crippen LogP contribution is -2.54. The molecule has 1 saturated carbocycles. The molecule has 57 heavy (non-hydrogen) atoms. The first-order valence-corrected chi connectivity index (χ1v) is 20.3. The molecule has 2 aliphatic heterocycles. The van der Waals surface area contributed by atoms with Crippen molar-refractivity contribution in [1.29, 1.82) is 10.7 Å². The smallest absolute Gasteiger partial charge is 0.274 e. The number of piperazine rings is 1. The number of hydrogen-bond acceptors (Lipinski definition) is 10. The largest absolute Gasteiger partial charge is 0.496 e. The molecule has 13 heteroatoms. The summed E-state index contributed by atoms with van der Waals surface area (Å²) in [6, 6.07) is 12.2. The van der Waals surface area contributed by atoms with Gasteiger partial charge in [0.25, 0.3) is 11.5 Å². The number of carbonyl (C=O) groups is 1. The Morgan fingerprint density at radius 2 is 1.82 bits per heavy atom. The van der Waals surface area contributed by atoms with E-state index < -0.39 is 0 Å². The van der Waals surface area contributed by atoms with E-state index >= 15 is 0 Å². The van der Waals surface area contributed by atoms with E-state index in [1.165, 1.54) is 15.7 Å². The predicted molar refractivity (Wildman–Crippen MR) is 231 cm³/mol. The molecular formula is C44H55BrN8O4. The van der Waals surface area contributed by atoms with Gasteiger partial charge in [-0.3, -0.25) is 19.4 Å². The molecule has 1 aromatic heterocycles. The number of carbonyl (C=O) groups excluding carboxylic acids is 1. The van der Waals surface area contributed by atoms with Crippen LogP contribution in [0.25, 0.3) is 11.1 Å².